The summed E-state index contributed by atoms with van der Waals surface area (Å²) in [6.07, 6.45) is 0.464. The standard InChI is InChI=1S/C14H21N3OS/c1-10(2)17(3)8-7-13(18)16-12-6-4-5-11(9-12)14(15)19/h4-6,9-10H,7-8H2,1-3H3,(H2,15,19)(H,16,18). The van der Waals surface area contributed by atoms with Gasteiger partial charge in [-0.25, -0.2) is 0 Å². The number of benzene rings is 1. The minimum Gasteiger partial charge on any atom is -0.389 e. The lowest BCUT2D eigenvalue weighted by molar-refractivity contribution is -0.116. The maximum Gasteiger partial charge on any atom is 0.225 e. The highest BCUT2D eigenvalue weighted by Gasteiger charge is 2.08. The summed E-state index contributed by atoms with van der Waals surface area (Å²) in [7, 11) is 2.01. The van der Waals surface area contributed by atoms with Crippen LogP contribution < -0.4 is 11.1 Å². The Bertz CT molecular complexity index is 460. The maximum atomic E-state index is 11.8. The minimum absolute atomic E-state index is 0.00686. The van der Waals surface area contributed by atoms with Gasteiger partial charge in [-0.05, 0) is 33.0 Å². The molecule has 0 heterocycles. The first-order chi connectivity index (χ1) is 8.90. The van der Waals surface area contributed by atoms with Crippen LogP contribution in [0.1, 0.15) is 25.8 Å². The Kier molecular flexibility index (Phi) is 5.92. The Morgan fingerprint density at radius 1 is 1.47 bits per heavy atom. The van der Waals surface area contributed by atoms with Crippen molar-refractivity contribution < 1.29 is 4.79 Å². The highest BCUT2D eigenvalue weighted by atomic mass is 32.1. The Labute approximate surface area is 120 Å². The fourth-order valence-corrected chi connectivity index (χ4v) is 1.64. The SMILES string of the molecule is CC(C)N(C)CCC(=O)Nc1cccc(C(N)=S)c1. The van der Waals surface area contributed by atoms with Crippen LogP contribution in [0.4, 0.5) is 5.69 Å². The molecule has 1 amide bonds. The van der Waals surface area contributed by atoms with Gasteiger partial charge in [-0.3, -0.25) is 4.79 Å². The number of nitrogens with zero attached hydrogens (tertiary/aromatic N) is 1. The summed E-state index contributed by atoms with van der Waals surface area (Å²) in [5.41, 5.74) is 7.04. The predicted octanol–water partition coefficient (Wildman–Crippen LogP) is 1.99. The average Bonchev–Trinajstić information content (AvgIpc) is 2.36. The van der Waals surface area contributed by atoms with Crippen molar-refractivity contribution in [3.63, 3.8) is 0 Å². The van der Waals surface area contributed by atoms with Crippen molar-refractivity contribution in [3.05, 3.63) is 29.8 Å². The molecule has 1 rings (SSSR count). The summed E-state index contributed by atoms with van der Waals surface area (Å²) in [6, 6.07) is 7.69. The molecular weight excluding hydrogens is 258 g/mol. The van der Waals surface area contributed by atoms with Crippen LogP contribution in [0.2, 0.25) is 0 Å². The molecule has 1 aromatic carbocycles. The van der Waals surface area contributed by atoms with Crippen molar-refractivity contribution in [2.24, 2.45) is 5.73 Å². The van der Waals surface area contributed by atoms with Gasteiger partial charge < -0.3 is 16.0 Å². The summed E-state index contributed by atoms with van der Waals surface area (Å²) >= 11 is 4.91. The molecule has 0 fully saturated rings. The largest absolute Gasteiger partial charge is 0.389 e. The predicted molar refractivity (Wildman–Crippen MR) is 83.3 cm³/mol. The third-order valence-corrected chi connectivity index (χ3v) is 3.24. The van der Waals surface area contributed by atoms with E-state index in [2.05, 4.69) is 24.1 Å². The van der Waals surface area contributed by atoms with E-state index in [1.165, 1.54) is 0 Å². The number of nitrogens with one attached hydrogen (secondary N) is 1. The van der Waals surface area contributed by atoms with E-state index in [4.69, 9.17) is 18.0 Å². The maximum absolute atomic E-state index is 11.8. The van der Waals surface area contributed by atoms with E-state index in [0.29, 0.717) is 17.5 Å². The van der Waals surface area contributed by atoms with Gasteiger partial charge in [-0.1, -0.05) is 24.4 Å². The van der Waals surface area contributed by atoms with Crippen LogP contribution in [0.5, 0.6) is 0 Å². The first-order valence-corrected chi connectivity index (χ1v) is 6.71. The number of carbonyl (C=O) groups excluding carboxylic acids is 1. The zero-order valence-corrected chi connectivity index (χ0v) is 12.5. The van der Waals surface area contributed by atoms with Crippen molar-refractivity contribution in [2.45, 2.75) is 26.3 Å². The van der Waals surface area contributed by atoms with Crippen molar-refractivity contribution >= 4 is 28.8 Å². The highest BCUT2D eigenvalue weighted by molar-refractivity contribution is 7.80. The number of anilines is 1. The van der Waals surface area contributed by atoms with Crippen molar-refractivity contribution in [1.29, 1.82) is 0 Å². The smallest absolute Gasteiger partial charge is 0.225 e. The first-order valence-electron chi connectivity index (χ1n) is 6.30. The summed E-state index contributed by atoms with van der Waals surface area (Å²) in [4.78, 5) is 14.3. The van der Waals surface area contributed by atoms with Gasteiger partial charge in [0.1, 0.15) is 4.99 Å². The summed E-state index contributed by atoms with van der Waals surface area (Å²) in [5.74, 6) is -0.00686. The number of thiocarbonyl (C=S) groups is 1. The molecule has 0 unspecified atom stereocenters. The van der Waals surface area contributed by atoms with Gasteiger partial charge in [-0.2, -0.15) is 0 Å². The van der Waals surface area contributed by atoms with E-state index in [1.54, 1.807) is 6.07 Å². The van der Waals surface area contributed by atoms with Crippen molar-refractivity contribution in [3.8, 4) is 0 Å². The molecule has 0 saturated carbocycles. The van der Waals surface area contributed by atoms with E-state index >= 15 is 0 Å². The molecule has 1 aromatic rings. The molecule has 3 N–H and O–H groups in total. The zero-order chi connectivity index (χ0) is 14.4. The molecule has 0 saturated heterocycles. The van der Waals surface area contributed by atoms with Crippen LogP contribution in [0.15, 0.2) is 24.3 Å². The molecule has 0 radical (unpaired) electrons. The van der Waals surface area contributed by atoms with E-state index in [-0.39, 0.29) is 5.91 Å². The minimum atomic E-state index is -0.00686. The molecule has 4 nitrogen and oxygen atoms in total. The Morgan fingerprint density at radius 2 is 2.16 bits per heavy atom. The quantitative estimate of drug-likeness (QED) is 0.782. The first kappa shape index (κ1) is 15.6. The lowest BCUT2D eigenvalue weighted by Crippen LogP contribution is -2.29. The zero-order valence-electron chi connectivity index (χ0n) is 11.6. The van der Waals surface area contributed by atoms with Crippen LogP contribution in [-0.4, -0.2) is 35.4 Å². The number of nitrogens with two attached hydrogens (primary N) is 1. The Hall–Kier alpha value is -1.46. The van der Waals surface area contributed by atoms with Crippen LogP contribution in [0.3, 0.4) is 0 Å². The van der Waals surface area contributed by atoms with E-state index in [9.17, 15) is 4.79 Å². The Morgan fingerprint density at radius 3 is 2.74 bits per heavy atom. The highest BCUT2D eigenvalue weighted by Crippen LogP contribution is 2.11. The van der Waals surface area contributed by atoms with Crippen LogP contribution in [-0.2, 0) is 4.79 Å². The fraction of sp³-hybridized carbons (Fsp3) is 0.429. The molecule has 0 aliphatic carbocycles. The average molecular weight is 279 g/mol. The van der Waals surface area contributed by atoms with Gasteiger partial charge in [0.05, 0.1) is 0 Å². The van der Waals surface area contributed by atoms with Gasteiger partial charge in [0.25, 0.3) is 0 Å². The Balaban J connectivity index is 2.53. The second kappa shape index (κ2) is 7.21. The van der Waals surface area contributed by atoms with Crippen molar-refractivity contribution in [2.75, 3.05) is 18.9 Å². The van der Waals surface area contributed by atoms with Gasteiger partial charge >= 0.3 is 0 Å². The van der Waals surface area contributed by atoms with Gasteiger partial charge in [0.2, 0.25) is 5.91 Å². The molecule has 0 aliphatic heterocycles. The lowest BCUT2D eigenvalue weighted by Gasteiger charge is -2.20. The fourth-order valence-electron chi connectivity index (χ4n) is 1.51. The molecule has 0 atom stereocenters. The third kappa shape index (κ3) is 5.36. The summed E-state index contributed by atoms with van der Waals surface area (Å²) < 4.78 is 0. The van der Waals surface area contributed by atoms with Gasteiger partial charge in [-0.15, -0.1) is 0 Å². The second-order valence-corrected chi connectivity index (χ2v) is 5.26. The second-order valence-electron chi connectivity index (χ2n) is 4.82. The lowest BCUT2D eigenvalue weighted by atomic mass is 10.2. The van der Waals surface area contributed by atoms with E-state index < -0.39 is 0 Å². The van der Waals surface area contributed by atoms with E-state index in [0.717, 1.165) is 17.8 Å². The third-order valence-electron chi connectivity index (χ3n) is 3.00. The molecule has 0 bridgehead atoms. The monoisotopic (exact) mass is 279 g/mol. The number of hydrogen-bond donors (Lipinski definition) is 2. The molecule has 5 heteroatoms. The summed E-state index contributed by atoms with van der Waals surface area (Å²) in [5, 5.41) is 2.85. The van der Waals surface area contributed by atoms with Crippen LogP contribution in [0.25, 0.3) is 0 Å². The van der Waals surface area contributed by atoms with Gasteiger partial charge in [0.15, 0.2) is 0 Å². The van der Waals surface area contributed by atoms with Crippen LogP contribution in [0, 0.1) is 0 Å². The molecule has 104 valence electrons. The molecule has 19 heavy (non-hydrogen) atoms. The van der Waals surface area contributed by atoms with Crippen molar-refractivity contribution in [1.82, 2.24) is 4.90 Å². The number of hydrogen-bond acceptors (Lipinski definition) is 3. The summed E-state index contributed by atoms with van der Waals surface area (Å²) in [6.45, 7) is 4.94. The molecule has 0 aliphatic rings. The topological polar surface area (TPSA) is 58.4 Å². The van der Waals surface area contributed by atoms with E-state index in [1.807, 2.05) is 25.2 Å². The van der Waals surface area contributed by atoms with Gasteiger partial charge in [0, 0.05) is 30.3 Å². The normalized spacial score (nSPS) is 10.8. The number of carbonyl (C=O) groups is 1. The number of amides is 1. The molecule has 0 spiro atoms. The van der Waals surface area contributed by atoms with Crippen LogP contribution >= 0.6 is 12.2 Å². The molecule has 0 aromatic heterocycles. The molecular formula is C14H21N3OS. The number of rotatable bonds is 6.